The van der Waals surface area contributed by atoms with Crippen molar-refractivity contribution in [3.8, 4) is 5.75 Å². The third-order valence-electron chi connectivity index (χ3n) is 3.41. The van der Waals surface area contributed by atoms with Crippen LogP contribution >= 0.6 is 0 Å². The number of benzene rings is 1. The molecule has 1 N–H and O–H groups in total. The van der Waals surface area contributed by atoms with Gasteiger partial charge in [0.15, 0.2) is 0 Å². The summed E-state index contributed by atoms with van der Waals surface area (Å²) in [5.74, 6) is 0.0659. The van der Waals surface area contributed by atoms with E-state index in [1.54, 1.807) is 31.2 Å². The maximum Gasteiger partial charge on any atom is 0.307 e. The molecule has 0 saturated heterocycles. The number of hydrogen-bond donors (Lipinski definition) is 1. The molecule has 0 amide bonds. The molecule has 0 aliphatic carbocycles. The van der Waals surface area contributed by atoms with Gasteiger partial charge >= 0.3 is 5.97 Å². The van der Waals surface area contributed by atoms with E-state index in [1.165, 1.54) is 31.6 Å². The second-order valence-corrected chi connectivity index (χ2v) is 6.86. The Kier molecular flexibility index (Phi) is 6.49. The van der Waals surface area contributed by atoms with Crippen LogP contribution in [0.4, 0.5) is 0 Å². The first-order chi connectivity index (χ1) is 12.0. The van der Waals surface area contributed by atoms with E-state index in [0.29, 0.717) is 11.3 Å². The molecule has 25 heavy (non-hydrogen) atoms. The van der Waals surface area contributed by atoms with Crippen LogP contribution < -0.4 is 9.46 Å². The minimum Gasteiger partial charge on any atom is -0.497 e. The first-order valence-corrected chi connectivity index (χ1v) is 9.16. The number of pyridine rings is 1. The molecule has 1 heterocycles. The number of nitrogens with zero attached hydrogens (tertiary/aromatic N) is 1. The standard InChI is InChI=1S/C17H20N2O5S/c1-3-24-17(20)11-16(13-6-4-7-14(10-13)23-2)19-25(21,22)15-8-5-9-18-12-15/h4-10,12,16,19H,3,11H2,1-2H3. The SMILES string of the molecule is CCOC(=O)CC(NS(=O)(=O)c1cccnc1)c1cccc(OC)c1. The summed E-state index contributed by atoms with van der Waals surface area (Å²) in [7, 11) is -2.34. The molecule has 0 aliphatic heterocycles. The Bertz CT molecular complexity index is 809. The smallest absolute Gasteiger partial charge is 0.307 e. The molecule has 2 rings (SSSR count). The van der Waals surface area contributed by atoms with Crippen LogP contribution in [0, 0.1) is 0 Å². The normalized spacial score (nSPS) is 12.4. The van der Waals surface area contributed by atoms with Crippen LogP contribution in [-0.4, -0.2) is 33.1 Å². The largest absolute Gasteiger partial charge is 0.497 e. The van der Waals surface area contributed by atoms with E-state index >= 15 is 0 Å². The molecule has 0 aliphatic rings. The summed E-state index contributed by atoms with van der Waals surface area (Å²) in [6.45, 7) is 1.91. The number of aromatic nitrogens is 1. The molecule has 0 fully saturated rings. The van der Waals surface area contributed by atoms with Crippen LogP contribution in [0.15, 0.2) is 53.7 Å². The molecule has 7 nitrogen and oxygen atoms in total. The van der Waals surface area contributed by atoms with Gasteiger partial charge in [0.05, 0.1) is 26.2 Å². The molecule has 0 spiro atoms. The summed E-state index contributed by atoms with van der Waals surface area (Å²) >= 11 is 0. The molecule has 0 radical (unpaired) electrons. The minimum absolute atomic E-state index is 0.0201. The van der Waals surface area contributed by atoms with Crippen LogP contribution in [-0.2, 0) is 19.6 Å². The highest BCUT2D eigenvalue weighted by Gasteiger charge is 2.24. The van der Waals surface area contributed by atoms with Gasteiger partial charge in [0.25, 0.3) is 0 Å². The van der Waals surface area contributed by atoms with Crippen molar-refractivity contribution in [2.45, 2.75) is 24.3 Å². The van der Waals surface area contributed by atoms with E-state index in [4.69, 9.17) is 9.47 Å². The zero-order valence-corrected chi connectivity index (χ0v) is 14.8. The molecule has 1 aromatic heterocycles. The van der Waals surface area contributed by atoms with Gasteiger partial charge in [-0.05, 0) is 36.8 Å². The fraction of sp³-hybridized carbons (Fsp3) is 0.294. The van der Waals surface area contributed by atoms with E-state index in [9.17, 15) is 13.2 Å². The van der Waals surface area contributed by atoms with E-state index in [-0.39, 0.29) is 17.9 Å². The van der Waals surface area contributed by atoms with Gasteiger partial charge in [0.1, 0.15) is 10.6 Å². The highest BCUT2D eigenvalue weighted by atomic mass is 32.2. The first-order valence-electron chi connectivity index (χ1n) is 7.68. The molecular weight excluding hydrogens is 344 g/mol. The lowest BCUT2D eigenvalue weighted by molar-refractivity contribution is -0.143. The van der Waals surface area contributed by atoms with Crippen molar-refractivity contribution in [2.75, 3.05) is 13.7 Å². The molecule has 2 aromatic rings. The number of sulfonamides is 1. The van der Waals surface area contributed by atoms with Crippen molar-refractivity contribution in [3.63, 3.8) is 0 Å². The Hall–Kier alpha value is -2.45. The monoisotopic (exact) mass is 364 g/mol. The minimum atomic E-state index is -3.85. The Morgan fingerprint density at radius 1 is 1.28 bits per heavy atom. The van der Waals surface area contributed by atoms with Crippen molar-refractivity contribution in [1.82, 2.24) is 9.71 Å². The summed E-state index contributed by atoms with van der Waals surface area (Å²) < 4.78 is 37.8. The van der Waals surface area contributed by atoms with Crippen LogP contribution in [0.25, 0.3) is 0 Å². The molecule has 1 atom stereocenters. The fourth-order valence-electron chi connectivity index (χ4n) is 2.23. The second-order valence-electron chi connectivity index (χ2n) is 5.15. The fourth-order valence-corrected chi connectivity index (χ4v) is 3.42. The maximum atomic E-state index is 12.6. The number of rotatable bonds is 8. The Balaban J connectivity index is 2.32. The summed E-state index contributed by atoms with van der Waals surface area (Å²) in [5.41, 5.74) is 0.597. The zero-order chi connectivity index (χ0) is 18.3. The number of esters is 1. The van der Waals surface area contributed by atoms with E-state index in [0.717, 1.165) is 0 Å². The Morgan fingerprint density at radius 3 is 2.72 bits per heavy atom. The summed E-state index contributed by atoms with van der Waals surface area (Å²) in [5, 5.41) is 0. The molecular formula is C17H20N2O5S. The quantitative estimate of drug-likeness (QED) is 0.721. The number of carbonyl (C=O) groups excluding carboxylic acids is 1. The van der Waals surface area contributed by atoms with Gasteiger partial charge in [-0.25, -0.2) is 13.1 Å². The average Bonchev–Trinajstić information content (AvgIpc) is 2.62. The molecule has 1 unspecified atom stereocenters. The predicted octanol–water partition coefficient (Wildman–Crippen LogP) is 2.06. The van der Waals surface area contributed by atoms with Crippen molar-refractivity contribution in [2.24, 2.45) is 0 Å². The maximum absolute atomic E-state index is 12.6. The van der Waals surface area contributed by atoms with Gasteiger partial charge in [-0.2, -0.15) is 0 Å². The van der Waals surface area contributed by atoms with Gasteiger partial charge < -0.3 is 9.47 Å². The van der Waals surface area contributed by atoms with Crippen LogP contribution in [0.2, 0.25) is 0 Å². The first kappa shape index (κ1) is 18.9. The highest BCUT2D eigenvalue weighted by molar-refractivity contribution is 7.89. The number of ether oxygens (including phenoxy) is 2. The topological polar surface area (TPSA) is 94.6 Å². The molecule has 0 saturated carbocycles. The lowest BCUT2D eigenvalue weighted by atomic mass is 10.0. The molecule has 0 bridgehead atoms. The van der Waals surface area contributed by atoms with E-state index < -0.39 is 22.0 Å². The Morgan fingerprint density at radius 2 is 2.08 bits per heavy atom. The Labute approximate surface area is 147 Å². The lowest BCUT2D eigenvalue weighted by Gasteiger charge is -2.19. The van der Waals surface area contributed by atoms with E-state index in [1.807, 2.05) is 0 Å². The number of carbonyl (C=O) groups is 1. The molecule has 1 aromatic carbocycles. The van der Waals surface area contributed by atoms with Crippen LogP contribution in [0.3, 0.4) is 0 Å². The van der Waals surface area contributed by atoms with Gasteiger partial charge in [0, 0.05) is 12.4 Å². The third-order valence-corrected chi connectivity index (χ3v) is 4.87. The van der Waals surface area contributed by atoms with Crippen molar-refractivity contribution < 1.29 is 22.7 Å². The average molecular weight is 364 g/mol. The summed E-state index contributed by atoms with van der Waals surface area (Å²) in [6.07, 6.45) is 2.59. The number of hydrogen-bond acceptors (Lipinski definition) is 6. The second kappa shape index (κ2) is 8.59. The van der Waals surface area contributed by atoms with Crippen molar-refractivity contribution in [1.29, 1.82) is 0 Å². The lowest BCUT2D eigenvalue weighted by Crippen LogP contribution is -2.30. The number of methoxy groups -OCH3 is 1. The predicted molar refractivity (Wildman–Crippen MR) is 91.5 cm³/mol. The molecule has 8 heteroatoms. The van der Waals surface area contributed by atoms with E-state index in [2.05, 4.69) is 9.71 Å². The van der Waals surface area contributed by atoms with Gasteiger partial charge in [-0.15, -0.1) is 0 Å². The zero-order valence-electron chi connectivity index (χ0n) is 14.0. The summed E-state index contributed by atoms with van der Waals surface area (Å²) in [4.78, 5) is 15.7. The van der Waals surface area contributed by atoms with Crippen LogP contribution in [0.1, 0.15) is 24.9 Å². The number of nitrogens with one attached hydrogen (secondary N) is 1. The molecule has 134 valence electrons. The van der Waals surface area contributed by atoms with Gasteiger partial charge in [0.2, 0.25) is 10.0 Å². The van der Waals surface area contributed by atoms with Crippen LogP contribution in [0.5, 0.6) is 5.75 Å². The van der Waals surface area contributed by atoms with Gasteiger partial charge in [-0.1, -0.05) is 12.1 Å². The third kappa shape index (κ3) is 5.27. The highest BCUT2D eigenvalue weighted by Crippen LogP contribution is 2.24. The van der Waals surface area contributed by atoms with Crippen molar-refractivity contribution in [3.05, 3.63) is 54.4 Å². The summed E-state index contributed by atoms with van der Waals surface area (Å²) in [6, 6.07) is 9.03. The van der Waals surface area contributed by atoms with Gasteiger partial charge in [-0.3, -0.25) is 9.78 Å². The van der Waals surface area contributed by atoms with Crippen molar-refractivity contribution >= 4 is 16.0 Å².